The fraction of sp³-hybridized carbons (Fsp3) is 0. The third-order valence-corrected chi connectivity index (χ3v) is 5.90. The average molecular weight is 359 g/mol. The first-order valence-corrected chi connectivity index (χ1v) is 9.28. The standard InChI is InChI=1S/C17H13NO4S2/c19-17(20)14-11-15(12-7-3-1-4-8-12)23-16(14)18-24(21,22)13-9-5-2-6-10-13/h1-11,18H,(H,19,20). The Hall–Kier alpha value is -2.64. The lowest BCUT2D eigenvalue weighted by Gasteiger charge is -2.06. The number of hydrogen-bond acceptors (Lipinski definition) is 4. The number of carboxylic acids is 1. The van der Waals surface area contributed by atoms with E-state index >= 15 is 0 Å². The molecule has 0 spiro atoms. The maximum Gasteiger partial charge on any atom is 0.338 e. The summed E-state index contributed by atoms with van der Waals surface area (Å²) in [4.78, 5) is 12.2. The van der Waals surface area contributed by atoms with E-state index in [0.29, 0.717) is 4.88 Å². The van der Waals surface area contributed by atoms with Gasteiger partial charge in [0.2, 0.25) is 0 Å². The maximum atomic E-state index is 12.4. The van der Waals surface area contributed by atoms with Crippen molar-refractivity contribution in [1.29, 1.82) is 0 Å². The molecule has 3 aromatic rings. The molecule has 2 aromatic carbocycles. The van der Waals surface area contributed by atoms with E-state index in [-0.39, 0.29) is 15.5 Å². The first-order chi connectivity index (χ1) is 11.5. The number of sulfonamides is 1. The molecule has 3 rings (SSSR count). The highest BCUT2D eigenvalue weighted by Gasteiger charge is 2.21. The van der Waals surface area contributed by atoms with Crippen LogP contribution in [0.4, 0.5) is 5.00 Å². The van der Waals surface area contributed by atoms with Crippen LogP contribution in [0.2, 0.25) is 0 Å². The highest BCUT2D eigenvalue weighted by Crippen LogP contribution is 2.36. The van der Waals surface area contributed by atoms with Crippen molar-refractivity contribution in [3.63, 3.8) is 0 Å². The summed E-state index contributed by atoms with van der Waals surface area (Å²) in [5.41, 5.74) is 0.758. The molecule has 0 aliphatic carbocycles. The second-order valence-corrected chi connectivity index (χ2v) is 7.68. The van der Waals surface area contributed by atoms with Crippen LogP contribution < -0.4 is 4.72 Å². The number of benzene rings is 2. The van der Waals surface area contributed by atoms with E-state index in [4.69, 9.17) is 0 Å². The van der Waals surface area contributed by atoms with Gasteiger partial charge in [0.1, 0.15) is 5.00 Å². The molecule has 24 heavy (non-hydrogen) atoms. The molecule has 7 heteroatoms. The van der Waals surface area contributed by atoms with E-state index in [0.717, 1.165) is 16.9 Å². The molecular weight excluding hydrogens is 346 g/mol. The lowest BCUT2D eigenvalue weighted by atomic mass is 10.1. The van der Waals surface area contributed by atoms with Crippen LogP contribution in [-0.2, 0) is 10.0 Å². The third-order valence-electron chi connectivity index (χ3n) is 3.30. The number of anilines is 1. The number of rotatable bonds is 5. The highest BCUT2D eigenvalue weighted by molar-refractivity contribution is 7.93. The van der Waals surface area contributed by atoms with Crippen LogP contribution in [0.15, 0.2) is 71.6 Å². The van der Waals surface area contributed by atoms with Gasteiger partial charge in [0.25, 0.3) is 10.0 Å². The molecule has 0 unspecified atom stereocenters. The second kappa shape index (κ2) is 6.46. The van der Waals surface area contributed by atoms with Crippen LogP contribution in [0.3, 0.4) is 0 Å². The molecule has 1 heterocycles. The Labute approximate surface area is 143 Å². The second-order valence-electron chi connectivity index (χ2n) is 4.94. The summed E-state index contributed by atoms with van der Waals surface area (Å²) < 4.78 is 27.2. The van der Waals surface area contributed by atoms with Crippen LogP contribution in [0, 0.1) is 0 Å². The first-order valence-electron chi connectivity index (χ1n) is 6.98. The predicted molar refractivity (Wildman–Crippen MR) is 94.0 cm³/mol. The number of aromatic carboxylic acids is 1. The molecule has 0 saturated carbocycles. The topological polar surface area (TPSA) is 83.5 Å². The van der Waals surface area contributed by atoms with Gasteiger partial charge in [-0.15, -0.1) is 11.3 Å². The summed E-state index contributed by atoms with van der Waals surface area (Å²) in [5.74, 6) is -1.18. The van der Waals surface area contributed by atoms with Gasteiger partial charge in [-0.3, -0.25) is 4.72 Å². The zero-order valence-electron chi connectivity index (χ0n) is 12.3. The minimum absolute atomic E-state index is 0.0710. The van der Waals surface area contributed by atoms with Gasteiger partial charge in [0, 0.05) is 4.88 Å². The molecule has 0 amide bonds. The van der Waals surface area contributed by atoms with Gasteiger partial charge in [-0.25, -0.2) is 13.2 Å². The van der Waals surface area contributed by atoms with Gasteiger partial charge < -0.3 is 5.11 Å². The summed E-state index contributed by atoms with van der Waals surface area (Å²) in [7, 11) is -3.84. The van der Waals surface area contributed by atoms with Crippen LogP contribution in [-0.4, -0.2) is 19.5 Å². The van der Waals surface area contributed by atoms with E-state index < -0.39 is 16.0 Å². The Morgan fingerprint density at radius 1 is 0.958 bits per heavy atom. The van der Waals surface area contributed by atoms with Crippen LogP contribution in [0.1, 0.15) is 10.4 Å². The van der Waals surface area contributed by atoms with Gasteiger partial charge in [-0.05, 0) is 23.8 Å². The van der Waals surface area contributed by atoms with Crippen molar-refractivity contribution in [1.82, 2.24) is 0 Å². The van der Waals surface area contributed by atoms with E-state index in [1.807, 2.05) is 30.3 Å². The Morgan fingerprint density at radius 2 is 1.54 bits per heavy atom. The van der Waals surface area contributed by atoms with E-state index in [9.17, 15) is 18.3 Å². The minimum Gasteiger partial charge on any atom is -0.478 e. The molecule has 0 saturated heterocycles. The number of nitrogens with one attached hydrogen (secondary N) is 1. The van der Waals surface area contributed by atoms with Crippen LogP contribution >= 0.6 is 11.3 Å². The monoisotopic (exact) mass is 359 g/mol. The quantitative estimate of drug-likeness (QED) is 0.723. The van der Waals surface area contributed by atoms with Gasteiger partial charge in [-0.1, -0.05) is 48.5 Å². The van der Waals surface area contributed by atoms with E-state index in [2.05, 4.69) is 4.72 Å². The van der Waals surface area contributed by atoms with Crippen molar-refractivity contribution in [2.75, 3.05) is 4.72 Å². The molecule has 122 valence electrons. The summed E-state index contributed by atoms with van der Waals surface area (Å²) in [6, 6.07) is 18.5. The van der Waals surface area contributed by atoms with Crippen molar-refractivity contribution >= 4 is 32.3 Å². The Morgan fingerprint density at radius 3 is 2.12 bits per heavy atom. The Balaban J connectivity index is 2.02. The van der Waals surface area contributed by atoms with E-state index in [1.54, 1.807) is 18.2 Å². The Bertz CT molecular complexity index is 964. The van der Waals surface area contributed by atoms with Crippen molar-refractivity contribution in [2.24, 2.45) is 0 Å². The fourth-order valence-corrected chi connectivity index (χ4v) is 4.54. The maximum absolute atomic E-state index is 12.4. The lowest BCUT2D eigenvalue weighted by Crippen LogP contribution is -2.13. The molecule has 2 N–H and O–H groups in total. The first kappa shape index (κ1) is 16.2. The number of carboxylic acid groups (broad SMARTS) is 1. The zero-order chi connectivity index (χ0) is 17.2. The normalized spacial score (nSPS) is 11.2. The van der Waals surface area contributed by atoms with E-state index in [1.165, 1.54) is 18.2 Å². The molecule has 0 aliphatic heterocycles. The molecular formula is C17H13NO4S2. The number of thiophene rings is 1. The van der Waals surface area contributed by atoms with Crippen LogP contribution in [0.25, 0.3) is 10.4 Å². The summed E-state index contributed by atoms with van der Waals surface area (Å²) in [5, 5.41) is 9.45. The summed E-state index contributed by atoms with van der Waals surface area (Å²) in [6.07, 6.45) is 0. The molecule has 1 aromatic heterocycles. The van der Waals surface area contributed by atoms with Crippen molar-refractivity contribution in [2.45, 2.75) is 4.90 Å². The molecule has 0 radical (unpaired) electrons. The van der Waals surface area contributed by atoms with Crippen molar-refractivity contribution in [3.8, 4) is 10.4 Å². The lowest BCUT2D eigenvalue weighted by molar-refractivity contribution is 0.0698. The molecule has 0 aliphatic rings. The summed E-state index contributed by atoms with van der Waals surface area (Å²) >= 11 is 1.09. The summed E-state index contributed by atoms with van der Waals surface area (Å²) in [6.45, 7) is 0. The van der Waals surface area contributed by atoms with Gasteiger partial charge >= 0.3 is 5.97 Å². The predicted octanol–water partition coefficient (Wildman–Crippen LogP) is 3.91. The smallest absolute Gasteiger partial charge is 0.338 e. The minimum atomic E-state index is -3.84. The largest absolute Gasteiger partial charge is 0.478 e. The Kier molecular flexibility index (Phi) is 4.37. The van der Waals surface area contributed by atoms with Crippen LogP contribution in [0.5, 0.6) is 0 Å². The zero-order valence-corrected chi connectivity index (χ0v) is 14.0. The van der Waals surface area contributed by atoms with Gasteiger partial charge in [0.15, 0.2) is 0 Å². The van der Waals surface area contributed by atoms with Gasteiger partial charge in [0.05, 0.1) is 10.5 Å². The average Bonchev–Trinajstić information content (AvgIpc) is 3.00. The molecule has 0 atom stereocenters. The highest BCUT2D eigenvalue weighted by atomic mass is 32.2. The van der Waals surface area contributed by atoms with Crippen molar-refractivity contribution < 1.29 is 18.3 Å². The fourth-order valence-electron chi connectivity index (χ4n) is 2.15. The third kappa shape index (κ3) is 3.32. The number of carbonyl (C=O) groups is 1. The SMILES string of the molecule is O=C(O)c1cc(-c2ccccc2)sc1NS(=O)(=O)c1ccccc1. The van der Waals surface area contributed by atoms with Gasteiger partial charge in [-0.2, -0.15) is 0 Å². The van der Waals surface area contributed by atoms with Crippen molar-refractivity contribution in [3.05, 3.63) is 72.3 Å². The molecule has 0 fully saturated rings. The molecule has 0 bridgehead atoms. The number of hydrogen-bond donors (Lipinski definition) is 2. The molecule has 5 nitrogen and oxygen atoms in total.